The lowest BCUT2D eigenvalue weighted by molar-refractivity contribution is 0.0683. The summed E-state index contributed by atoms with van der Waals surface area (Å²) in [6.07, 6.45) is 5.89. The Morgan fingerprint density at radius 2 is 2.31 bits per heavy atom. The third kappa shape index (κ3) is 2.10. The van der Waals surface area contributed by atoms with Crippen molar-refractivity contribution in [2.24, 2.45) is 7.05 Å². The van der Waals surface area contributed by atoms with Gasteiger partial charge >= 0.3 is 5.97 Å². The second-order valence-corrected chi connectivity index (χ2v) is 3.52. The number of nitrogens with zero attached hydrogens (tertiary/aromatic N) is 4. The molecule has 0 aliphatic carbocycles. The van der Waals surface area contributed by atoms with E-state index in [1.54, 1.807) is 10.9 Å². The van der Waals surface area contributed by atoms with Crippen LogP contribution < -0.4 is 0 Å². The van der Waals surface area contributed by atoms with Gasteiger partial charge in [0.2, 0.25) is 0 Å². The Bertz CT molecular complexity index is 500. The van der Waals surface area contributed by atoms with E-state index in [4.69, 9.17) is 5.11 Å². The highest BCUT2D eigenvalue weighted by atomic mass is 16.4. The summed E-state index contributed by atoms with van der Waals surface area (Å²) in [5, 5.41) is 16.9. The SMILES string of the molecule is Cn1cc(CCn2nccc2C(=O)O)cn1. The maximum atomic E-state index is 10.8. The molecule has 6 heteroatoms. The minimum Gasteiger partial charge on any atom is -0.477 e. The molecule has 0 aromatic carbocycles. The van der Waals surface area contributed by atoms with Crippen molar-refractivity contribution in [2.75, 3.05) is 0 Å². The van der Waals surface area contributed by atoms with Gasteiger partial charge in [-0.1, -0.05) is 0 Å². The predicted octanol–water partition coefficient (Wildman–Crippen LogP) is 0.558. The first-order valence-corrected chi connectivity index (χ1v) is 4.89. The molecule has 0 saturated carbocycles. The highest BCUT2D eigenvalue weighted by Gasteiger charge is 2.09. The van der Waals surface area contributed by atoms with Crippen LogP contribution in [0.25, 0.3) is 0 Å². The van der Waals surface area contributed by atoms with Gasteiger partial charge in [-0.3, -0.25) is 9.36 Å². The fourth-order valence-corrected chi connectivity index (χ4v) is 1.53. The molecule has 1 N–H and O–H groups in total. The van der Waals surface area contributed by atoms with E-state index in [9.17, 15) is 4.79 Å². The Morgan fingerprint density at radius 3 is 2.94 bits per heavy atom. The molecule has 0 radical (unpaired) electrons. The smallest absolute Gasteiger partial charge is 0.354 e. The maximum Gasteiger partial charge on any atom is 0.354 e. The number of aromatic carboxylic acids is 1. The number of carboxylic acid groups (broad SMARTS) is 1. The molecular weight excluding hydrogens is 208 g/mol. The fourth-order valence-electron chi connectivity index (χ4n) is 1.53. The number of aromatic nitrogens is 4. The van der Waals surface area contributed by atoms with Crippen molar-refractivity contribution in [2.45, 2.75) is 13.0 Å². The van der Waals surface area contributed by atoms with E-state index in [1.165, 1.54) is 16.9 Å². The zero-order chi connectivity index (χ0) is 11.5. The van der Waals surface area contributed by atoms with Gasteiger partial charge in [-0.25, -0.2) is 4.79 Å². The Hall–Kier alpha value is -2.11. The van der Waals surface area contributed by atoms with E-state index in [-0.39, 0.29) is 5.69 Å². The van der Waals surface area contributed by atoms with Crippen LogP contribution in [-0.2, 0) is 20.0 Å². The largest absolute Gasteiger partial charge is 0.477 e. The van der Waals surface area contributed by atoms with Crippen molar-refractivity contribution >= 4 is 5.97 Å². The molecule has 0 atom stereocenters. The third-order valence-electron chi connectivity index (χ3n) is 2.31. The van der Waals surface area contributed by atoms with Crippen LogP contribution in [0.4, 0.5) is 0 Å². The van der Waals surface area contributed by atoms with E-state index >= 15 is 0 Å². The van der Waals surface area contributed by atoms with Crippen LogP contribution >= 0.6 is 0 Å². The summed E-state index contributed by atoms with van der Waals surface area (Å²) in [5.74, 6) is -0.955. The van der Waals surface area contributed by atoms with Gasteiger partial charge in [0.1, 0.15) is 5.69 Å². The van der Waals surface area contributed by atoms with Crippen LogP contribution in [-0.4, -0.2) is 30.6 Å². The number of hydrogen-bond acceptors (Lipinski definition) is 3. The normalized spacial score (nSPS) is 10.6. The van der Waals surface area contributed by atoms with E-state index in [0.717, 1.165) is 12.0 Å². The molecule has 84 valence electrons. The van der Waals surface area contributed by atoms with Crippen molar-refractivity contribution in [1.82, 2.24) is 19.6 Å². The summed E-state index contributed by atoms with van der Waals surface area (Å²) in [7, 11) is 1.85. The van der Waals surface area contributed by atoms with Crippen LogP contribution in [0, 0.1) is 0 Å². The molecule has 2 rings (SSSR count). The first-order chi connectivity index (χ1) is 7.66. The standard InChI is InChI=1S/C10H12N4O2/c1-13-7-8(6-12-13)3-5-14-9(10(15)16)2-4-11-14/h2,4,6-7H,3,5H2,1H3,(H,15,16). The number of rotatable bonds is 4. The van der Waals surface area contributed by atoms with Crippen LogP contribution in [0.15, 0.2) is 24.7 Å². The van der Waals surface area contributed by atoms with Gasteiger partial charge in [-0.2, -0.15) is 10.2 Å². The molecule has 6 nitrogen and oxygen atoms in total. The molecule has 0 amide bonds. The lowest BCUT2D eigenvalue weighted by atomic mass is 10.2. The number of carbonyl (C=O) groups is 1. The molecule has 0 aliphatic heterocycles. The topological polar surface area (TPSA) is 72.9 Å². The summed E-state index contributed by atoms with van der Waals surface area (Å²) in [4.78, 5) is 10.8. The summed E-state index contributed by atoms with van der Waals surface area (Å²) in [6, 6.07) is 1.49. The van der Waals surface area contributed by atoms with Gasteiger partial charge in [-0.15, -0.1) is 0 Å². The zero-order valence-corrected chi connectivity index (χ0v) is 8.87. The summed E-state index contributed by atoms with van der Waals surface area (Å²) in [6.45, 7) is 0.542. The molecule has 0 saturated heterocycles. The molecular formula is C10H12N4O2. The van der Waals surface area contributed by atoms with E-state index in [0.29, 0.717) is 6.54 Å². The fraction of sp³-hybridized carbons (Fsp3) is 0.300. The highest BCUT2D eigenvalue weighted by molar-refractivity contribution is 5.85. The second kappa shape index (κ2) is 4.18. The molecule has 0 unspecified atom stereocenters. The van der Waals surface area contributed by atoms with Crippen molar-refractivity contribution in [1.29, 1.82) is 0 Å². The van der Waals surface area contributed by atoms with E-state index < -0.39 is 5.97 Å². The molecule has 2 aromatic heterocycles. The van der Waals surface area contributed by atoms with Gasteiger partial charge in [0.05, 0.1) is 6.20 Å². The van der Waals surface area contributed by atoms with Crippen LogP contribution in [0.2, 0.25) is 0 Å². The van der Waals surface area contributed by atoms with Gasteiger partial charge in [0, 0.05) is 26.0 Å². The Balaban J connectivity index is 2.04. The van der Waals surface area contributed by atoms with Crippen molar-refractivity contribution in [3.8, 4) is 0 Å². The zero-order valence-electron chi connectivity index (χ0n) is 8.87. The van der Waals surface area contributed by atoms with Crippen LogP contribution in [0.3, 0.4) is 0 Å². The minimum absolute atomic E-state index is 0.212. The van der Waals surface area contributed by atoms with Crippen molar-refractivity contribution in [3.05, 3.63) is 35.9 Å². The molecule has 0 spiro atoms. The van der Waals surface area contributed by atoms with Crippen molar-refractivity contribution in [3.63, 3.8) is 0 Å². The average Bonchev–Trinajstić information content (AvgIpc) is 2.83. The minimum atomic E-state index is -0.955. The molecule has 0 aliphatic rings. The summed E-state index contributed by atoms with van der Waals surface area (Å²) >= 11 is 0. The molecule has 0 fully saturated rings. The van der Waals surface area contributed by atoms with Gasteiger partial charge in [0.25, 0.3) is 0 Å². The lowest BCUT2D eigenvalue weighted by Gasteiger charge is -2.02. The van der Waals surface area contributed by atoms with E-state index in [2.05, 4.69) is 10.2 Å². The van der Waals surface area contributed by atoms with Gasteiger partial charge in [-0.05, 0) is 18.1 Å². The Labute approximate surface area is 92.1 Å². The number of aryl methyl sites for hydroxylation is 3. The first kappa shape index (κ1) is 10.4. The summed E-state index contributed by atoms with van der Waals surface area (Å²) < 4.78 is 3.20. The average molecular weight is 220 g/mol. The Morgan fingerprint density at radius 1 is 1.50 bits per heavy atom. The predicted molar refractivity (Wildman–Crippen MR) is 56.1 cm³/mol. The van der Waals surface area contributed by atoms with Crippen molar-refractivity contribution < 1.29 is 9.90 Å². The van der Waals surface area contributed by atoms with E-state index in [1.807, 2.05) is 13.2 Å². The Kier molecular flexibility index (Phi) is 2.72. The number of carboxylic acids is 1. The maximum absolute atomic E-state index is 10.8. The van der Waals surface area contributed by atoms with Crippen LogP contribution in [0.1, 0.15) is 16.1 Å². The quantitative estimate of drug-likeness (QED) is 0.817. The number of hydrogen-bond donors (Lipinski definition) is 1. The summed E-state index contributed by atoms with van der Waals surface area (Å²) in [5.41, 5.74) is 1.28. The molecule has 0 bridgehead atoms. The van der Waals surface area contributed by atoms with Crippen LogP contribution in [0.5, 0.6) is 0 Å². The molecule has 2 aromatic rings. The molecule has 16 heavy (non-hydrogen) atoms. The second-order valence-electron chi connectivity index (χ2n) is 3.52. The van der Waals surface area contributed by atoms with Gasteiger partial charge in [0.15, 0.2) is 0 Å². The third-order valence-corrected chi connectivity index (χ3v) is 2.31. The lowest BCUT2D eigenvalue weighted by Crippen LogP contribution is -2.11. The highest BCUT2D eigenvalue weighted by Crippen LogP contribution is 2.03. The van der Waals surface area contributed by atoms with Gasteiger partial charge < -0.3 is 5.11 Å². The first-order valence-electron chi connectivity index (χ1n) is 4.89. The monoisotopic (exact) mass is 220 g/mol. The molecule has 2 heterocycles.